The molecule has 12 heavy (non-hydrogen) atoms. The molecule has 3 heteroatoms. The molecular formula is C9H19NO2. The van der Waals surface area contributed by atoms with Crippen LogP contribution in [0.1, 0.15) is 33.6 Å². The summed E-state index contributed by atoms with van der Waals surface area (Å²) < 4.78 is 0. The molecule has 0 aliphatic heterocycles. The van der Waals surface area contributed by atoms with Gasteiger partial charge in [-0.05, 0) is 25.7 Å². The number of carbonyl (C=O) groups is 1. The van der Waals surface area contributed by atoms with Crippen molar-refractivity contribution in [3.63, 3.8) is 0 Å². The summed E-state index contributed by atoms with van der Waals surface area (Å²) in [5.41, 5.74) is 5.60. The molecule has 0 amide bonds. The molecule has 0 bridgehead atoms. The van der Waals surface area contributed by atoms with Crippen LogP contribution in [0.25, 0.3) is 0 Å². The molecule has 0 unspecified atom stereocenters. The Labute approximate surface area is 74.0 Å². The minimum Gasteiger partial charge on any atom is -0.481 e. The zero-order valence-corrected chi connectivity index (χ0v) is 8.08. The predicted molar refractivity (Wildman–Crippen MR) is 48.8 cm³/mol. The highest BCUT2D eigenvalue weighted by Gasteiger charge is 2.15. The monoisotopic (exact) mass is 173 g/mol. The molecule has 72 valence electrons. The van der Waals surface area contributed by atoms with Crippen molar-refractivity contribution in [3.05, 3.63) is 0 Å². The van der Waals surface area contributed by atoms with Crippen LogP contribution in [0.15, 0.2) is 0 Å². The van der Waals surface area contributed by atoms with Crippen LogP contribution < -0.4 is 5.73 Å². The van der Waals surface area contributed by atoms with Gasteiger partial charge in [0.2, 0.25) is 0 Å². The van der Waals surface area contributed by atoms with Gasteiger partial charge in [-0.3, -0.25) is 4.79 Å². The normalized spacial score (nSPS) is 18.3. The van der Waals surface area contributed by atoms with Crippen molar-refractivity contribution >= 4 is 5.97 Å². The summed E-state index contributed by atoms with van der Waals surface area (Å²) in [6.07, 6.45) is 1.62. The molecule has 0 aliphatic rings. The Morgan fingerprint density at radius 3 is 2.17 bits per heavy atom. The van der Waals surface area contributed by atoms with Gasteiger partial charge in [-0.1, -0.05) is 13.8 Å². The zero-order chi connectivity index (χ0) is 9.72. The molecule has 3 atom stereocenters. The molecule has 0 aromatic rings. The molecule has 0 rings (SSSR count). The first-order valence-electron chi connectivity index (χ1n) is 4.41. The maximum absolute atomic E-state index is 10.5. The van der Waals surface area contributed by atoms with Gasteiger partial charge in [0.25, 0.3) is 0 Å². The van der Waals surface area contributed by atoms with E-state index in [-0.39, 0.29) is 12.0 Å². The van der Waals surface area contributed by atoms with Gasteiger partial charge in [-0.2, -0.15) is 0 Å². The van der Waals surface area contributed by atoms with Crippen LogP contribution in [0.5, 0.6) is 0 Å². The lowest BCUT2D eigenvalue weighted by molar-refractivity contribution is -0.141. The number of aliphatic carboxylic acids is 1. The molecule has 3 N–H and O–H groups in total. The van der Waals surface area contributed by atoms with Gasteiger partial charge in [0.05, 0.1) is 5.92 Å². The van der Waals surface area contributed by atoms with Gasteiger partial charge < -0.3 is 10.8 Å². The Morgan fingerprint density at radius 2 is 1.83 bits per heavy atom. The second-order valence-electron chi connectivity index (χ2n) is 3.79. The lowest BCUT2D eigenvalue weighted by atomic mass is 9.92. The van der Waals surface area contributed by atoms with E-state index >= 15 is 0 Å². The highest BCUT2D eigenvalue weighted by molar-refractivity contribution is 5.69. The number of carboxylic acids is 1. The Balaban J connectivity index is 3.68. The molecule has 0 heterocycles. The molecule has 0 saturated carbocycles. The second kappa shape index (κ2) is 5.14. The summed E-state index contributed by atoms with van der Waals surface area (Å²) >= 11 is 0. The minimum absolute atomic E-state index is 0.168. The van der Waals surface area contributed by atoms with Crippen LogP contribution in [0.3, 0.4) is 0 Å². The van der Waals surface area contributed by atoms with Crippen LogP contribution >= 0.6 is 0 Å². The van der Waals surface area contributed by atoms with Crippen molar-refractivity contribution in [2.75, 3.05) is 0 Å². The van der Waals surface area contributed by atoms with Gasteiger partial charge in [0.1, 0.15) is 0 Å². The first-order chi connectivity index (χ1) is 5.43. The fourth-order valence-electron chi connectivity index (χ4n) is 1.44. The second-order valence-corrected chi connectivity index (χ2v) is 3.79. The summed E-state index contributed by atoms with van der Waals surface area (Å²) in [7, 11) is 0. The molecule has 0 fully saturated rings. The zero-order valence-electron chi connectivity index (χ0n) is 8.08. The summed E-state index contributed by atoms with van der Waals surface area (Å²) in [6.45, 7) is 5.73. The molecule has 0 aromatic carbocycles. The van der Waals surface area contributed by atoms with E-state index in [4.69, 9.17) is 10.8 Å². The number of rotatable bonds is 5. The van der Waals surface area contributed by atoms with E-state index in [9.17, 15) is 4.79 Å². The van der Waals surface area contributed by atoms with E-state index in [0.29, 0.717) is 5.92 Å². The quantitative estimate of drug-likeness (QED) is 0.661. The molecule has 0 saturated heterocycles. The summed E-state index contributed by atoms with van der Waals surface area (Å²) in [5, 5.41) is 8.63. The third-order valence-corrected chi connectivity index (χ3v) is 1.95. The Hall–Kier alpha value is -0.570. The fraction of sp³-hybridized carbons (Fsp3) is 0.889. The summed E-state index contributed by atoms with van der Waals surface area (Å²) in [4.78, 5) is 10.5. The van der Waals surface area contributed by atoms with Crippen LogP contribution in [-0.4, -0.2) is 17.1 Å². The number of carboxylic acid groups (broad SMARTS) is 1. The van der Waals surface area contributed by atoms with Crippen molar-refractivity contribution in [3.8, 4) is 0 Å². The summed E-state index contributed by atoms with van der Waals surface area (Å²) in [5.74, 6) is -0.568. The number of hydrogen-bond acceptors (Lipinski definition) is 2. The first kappa shape index (κ1) is 11.4. The van der Waals surface area contributed by atoms with E-state index in [1.807, 2.05) is 13.8 Å². The molecular weight excluding hydrogens is 154 g/mol. The van der Waals surface area contributed by atoms with E-state index in [2.05, 4.69) is 0 Å². The maximum Gasteiger partial charge on any atom is 0.306 e. The van der Waals surface area contributed by atoms with E-state index < -0.39 is 5.97 Å². The topological polar surface area (TPSA) is 63.3 Å². The Kier molecular flexibility index (Phi) is 4.90. The lowest BCUT2D eigenvalue weighted by Crippen LogP contribution is -2.21. The Morgan fingerprint density at radius 1 is 1.33 bits per heavy atom. The van der Waals surface area contributed by atoms with Gasteiger partial charge >= 0.3 is 5.97 Å². The van der Waals surface area contributed by atoms with Crippen LogP contribution in [-0.2, 0) is 4.79 Å². The van der Waals surface area contributed by atoms with E-state index in [0.717, 1.165) is 12.8 Å². The van der Waals surface area contributed by atoms with Crippen molar-refractivity contribution in [2.45, 2.75) is 39.7 Å². The lowest BCUT2D eigenvalue weighted by Gasteiger charge is -2.15. The van der Waals surface area contributed by atoms with Crippen molar-refractivity contribution in [1.82, 2.24) is 0 Å². The highest BCUT2D eigenvalue weighted by atomic mass is 16.4. The van der Waals surface area contributed by atoms with E-state index in [1.54, 1.807) is 6.92 Å². The SMILES string of the molecule is C[C@@H](C[C@H](C)N)C[C@@H](C)C(=O)O. The van der Waals surface area contributed by atoms with Gasteiger partial charge in [0.15, 0.2) is 0 Å². The molecule has 0 radical (unpaired) electrons. The smallest absolute Gasteiger partial charge is 0.306 e. The average Bonchev–Trinajstić information content (AvgIpc) is 1.84. The minimum atomic E-state index is -0.716. The number of hydrogen-bond donors (Lipinski definition) is 2. The molecule has 0 spiro atoms. The third-order valence-electron chi connectivity index (χ3n) is 1.95. The summed E-state index contributed by atoms with van der Waals surface area (Å²) in [6, 6.07) is 0.168. The van der Waals surface area contributed by atoms with Crippen LogP contribution in [0.4, 0.5) is 0 Å². The molecule has 3 nitrogen and oxygen atoms in total. The Bertz CT molecular complexity index is 145. The highest BCUT2D eigenvalue weighted by Crippen LogP contribution is 2.16. The average molecular weight is 173 g/mol. The first-order valence-corrected chi connectivity index (χ1v) is 4.41. The fourth-order valence-corrected chi connectivity index (χ4v) is 1.44. The van der Waals surface area contributed by atoms with Crippen molar-refractivity contribution < 1.29 is 9.90 Å². The molecule has 0 aromatic heterocycles. The number of nitrogens with two attached hydrogens (primary N) is 1. The predicted octanol–water partition coefficient (Wildman–Crippen LogP) is 1.47. The molecule has 0 aliphatic carbocycles. The largest absolute Gasteiger partial charge is 0.481 e. The van der Waals surface area contributed by atoms with Crippen molar-refractivity contribution in [2.24, 2.45) is 17.6 Å². The van der Waals surface area contributed by atoms with Crippen LogP contribution in [0.2, 0.25) is 0 Å². The van der Waals surface area contributed by atoms with Crippen LogP contribution in [0, 0.1) is 11.8 Å². The van der Waals surface area contributed by atoms with Gasteiger partial charge in [0, 0.05) is 6.04 Å². The van der Waals surface area contributed by atoms with Crippen molar-refractivity contribution in [1.29, 1.82) is 0 Å². The van der Waals surface area contributed by atoms with Gasteiger partial charge in [-0.15, -0.1) is 0 Å². The van der Waals surface area contributed by atoms with E-state index in [1.165, 1.54) is 0 Å². The standard InChI is InChI=1S/C9H19NO2/c1-6(5-8(3)10)4-7(2)9(11)12/h6-8H,4-5,10H2,1-3H3,(H,11,12)/t6-,7-,8+/m1/s1. The maximum atomic E-state index is 10.5. The van der Waals surface area contributed by atoms with Gasteiger partial charge in [-0.25, -0.2) is 0 Å². The third kappa shape index (κ3) is 5.13.